The van der Waals surface area contributed by atoms with Gasteiger partial charge in [0.25, 0.3) is 0 Å². The predicted molar refractivity (Wildman–Crippen MR) is 82.8 cm³/mol. The summed E-state index contributed by atoms with van der Waals surface area (Å²) in [7, 11) is 0. The molecule has 0 saturated heterocycles. The van der Waals surface area contributed by atoms with Crippen molar-refractivity contribution in [2.24, 2.45) is 0 Å². The molecule has 3 aromatic rings. The van der Waals surface area contributed by atoms with E-state index in [2.05, 4.69) is 70.0 Å². The number of H-pyrrole nitrogens is 1. The highest BCUT2D eigenvalue weighted by atomic mass is 15.5. The van der Waals surface area contributed by atoms with E-state index in [1.165, 1.54) is 16.5 Å². The first-order valence-electron chi connectivity index (χ1n) is 6.95. The molecule has 1 aromatic heterocycles. The van der Waals surface area contributed by atoms with Gasteiger partial charge in [-0.2, -0.15) is 5.21 Å². The van der Waals surface area contributed by atoms with Crippen molar-refractivity contribution in [3.8, 4) is 11.4 Å². The number of nitrogens with one attached hydrogen (secondary N) is 1. The number of hydrogen-bond acceptors (Lipinski definition) is 3. The Balaban J connectivity index is 2.05. The molecule has 1 atom stereocenters. The van der Waals surface area contributed by atoms with Crippen LogP contribution in [0.2, 0.25) is 0 Å². The highest BCUT2D eigenvalue weighted by molar-refractivity contribution is 5.97. The summed E-state index contributed by atoms with van der Waals surface area (Å²) in [5, 5.41) is 17.0. The van der Waals surface area contributed by atoms with E-state index < -0.39 is 0 Å². The third-order valence-electron chi connectivity index (χ3n) is 4.02. The number of aromatic amines is 1. The maximum Gasteiger partial charge on any atom is 0.205 e. The Kier molecular flexibility index (Phi) is 2.67. The van der Waals surface area contributed by atoms with Crippen molar-refractivity contribution >= 4 is 10.8 Å². The van der Waals surface area contributed by atoms with Crippen LogP contribution >= 0.6 is 0 Å². The second kappa shape index (κ2) is 4.66. The van der Waals surface area contributed by atoms with Crippen LogP contribution in [0.15, 0.2) is 60.2 Å². The molecule has 4 heteroatoms. The van der Waals surface area contributed by atoms with Crippen LogP contribution in [0, 0.1) is 0 Å². The van der Waals surface area contributed by atoms with Crippen LogP contribution < -0.4 is 0 Å². The standard InChI is InChI=1S/C17H14N4/c1-11-5-4-8-13(11)15-10-9-12-6-2-3-7-14(12)16(15)17-18-20-21-19-17/h2-10,13H,1H3,(H,18,19,20,21). The van der Waals surface area contributed by atoms with E-state index in [1.807, 2.05) is 12.1 Å². The van der Waals surface area contributed by atoms with Gasteiger partial charge < -0.3 is 0 Å². The first-order chi connectivity index (χ1) is 10.3. The summed E-state index contributed by atoms with van der Waals surface area (Å²) >= 11 is 0. The molecule has 0 radical (unpaired) electrons. The Bertz CT molecular complexity index is 860. The molecule has 0 aliphatic heterocycles. The quantitative estimate of drug-likeness (QED) is 0.776. The van der Waals surface area contributed by atoms with Gasteiger partial charge in [0.05, 0.1) is 0 Å². The van der Waals surface area contributed by atoms with Gasteiger partial charge in [0.15, 0.2) is 0 Å². The van der Waals surface area contributed by atoms with E-state index >= 15 is 0 Å². The zero-order chi connectivity index (χ0) is 14.2. The van der Waals surface area contributed by atoms with E-state index in [0.717, 1.165) is 10.9 Å². The third kappa shape index (κ3) is 1.88. The largest absolute Gasteiger partial charge is 0.205 e. The molecule has 4 rings (SSSR count). The number of allylic oxidation sites excluding steroid dienone is 4. The van der Waals surface area contributed by atoms with Crippen molar-refractivity contribution < 1.29 is 0 Å². The normalized spacial score (nSPS) is 17.4. The third-order valence-corrected chi connectivity index (χ3v) is 4.02. The van der Waals surface area contributed by atoms with Gasteiger partial charge in [-0.1, -0.05) is 60.2 Å². The maximum absolute atomic E-state index is 4.20. The van der Waals surface area contributed by atoms with Crippen molar-refractivity contribution in [2.45, 2.75) is 12.8 Å². The molecule has 0 saturated carbocycles. The Morgan fingerprint density at radius 1 is 1.10 bits per heavy atom. The molecule has 0 bridgehead atoms. The van der Waals surface area contributed by atoms with E-state index in [-0.39, 0.29) is 5.92 Å². The Morgan fingerprint density at radius 2 is 2.00 bits per heavy atom. The maximum atomic E-state index is 4.20. The summed E-state index contributed by atoms with van der Waals surface area (Å²) < 4.78 is 0. The molecule has 1 heterocycles. The SMILES string of the molecule is CC1=CC=CC1c1ccc2ccccc2c1-c1nn[nH]n1. The molecule has 1 N–H and O–H groups in total. The van der Waals surface area contributed by atoms with Gasteiger partial charge >= 0.3 is 0 Å². The fourth-order valence-electron chi connectivity index (χ4n) is 2.99. The minimum Gasteiger partial charge on any atom is -0.177 e. The van der Waals surface area contributed by atoms with Crippen LogP contribution in [0.5, 0.6) is 0 Å². The first-order valence-corrected chi connectivity index (χ1v) is 6.95. The fourth-order valence-corrected chi connectivity index (χ4v) is 2.99. The number of rotatable bonds is 2. The lowest BCUT2D eigenvalue weighted by Gasteiger charge is -2.16. The molecular weight excluding hydrogens is 260 g/mol. The van der Waals surface area contributed by atoms with E-state index in [0.29, 0.717) is 5.82 Å². The van der Waals surface area contributed by atoms with Gasteiger partial charge in [-0.15, -0.1) is 10.2 Å². The summed E-state index contributed by atoms with van der Waals surface area (Å²) in [6.45, 7) is 2.15. The lowest BCUT2D eigenvalue weighted by atomic mass is 9.87. The summed E-state index contributed by atoms with van der Waals surface area (Å²) in [4.78, 5) is 0. The van der Waals surface area contributed by atoms with Crippen LogP contribution in [0.1, 0.15) is 18.4 Å². The molecule has 0 spiro atoms. The summed E-state index contributed by atoms with van der Waals surface area (Å²) in [5.74, 6) is 0.929. The Labute approximate surface area is 122 Å². The van der Waals surface area contributed by atoms with Crippen molar-refractivity contribution in [1.29, 1.82) is 0 Å². The summed E-state index contributed by atoms with van der Waals surface area (Å²) in [6.07, 6.45) is 6.47. The van der Waals surface area contributed by atoms with Gasteiger partial charge in [0, 0.05) is 11.5 Å². The minimum atomic E-state index is 0.281. The van der Waals surface area contributed by atoms with Gasteiger partial charge in [-0.3, -0.25) is 0 Å². The minimum absolute atomic E-state index is 0.281. The van der Waals surface area contributed by atoms with Crippen molar-refractivity contribution in [3.05, 3.63) is 65.8 Å². The van der Waals surface area contributed by atoms with Gasteiger partial charge in [-0.25, -0.2) is 0 Å². The molecule has 21 heavy (non-hydrogen) atoms. The summed E-state index contributed by atoms with van der Waals surface area (Å²) in [6, 6.07) is 12.6. The Hall–Kier alpha value is -2.75. The number of hydrogen-bond donors (Lipinski definition) is 1. The Morgan fingerprint density at radius 3 is 2.76 bits per heavy atom. The number of tetrazole rings is 1. The molecule has 0 amide bonds. The number of aromatic nitrogens is 4. The zero-order valence-electron chi connectivity index (χ0n) is 11.6. The molecule has 0 fully saturated rings. The van der Waals surface area contributed by atoms with Crippen LogP contribution in [-0.4, -0.2) is 20.6 Å². The van der Waals surface area contributed by atoms with E-state index in [9.17, 15) is 0 Å². The van der Waals surface area contributed by atoms with Crippen molar-refractivity contribution in [1.82, 2.24) is 20.6 Å². The van der Waals surface area contributed by atoms with Crippen molar-refractivity contribution in [3.63, 3.8) is 0 Å². The second-order valence-corrected chi connectivity index (χ2v) is 5.26. The molecule has 1 aliphatic rings. The number of nitrogens with zero attached hydrogens (tertiary/aromatic N) is 3. The molecular formula is C17H14N4. The highest BCUT2D eigenvalue weighted by Crippen LogP contribution is 2.39. The van der Waals surface area contributed by atoms with E-state index in [4.69, 9.17) is 0 Å². The summed E-state index contributed by atoms with van der Waals surface area (Å²) in [5.41, 5.74) is 3.61. The van der Waals surface area contributed by atoms with Gasteiger partial charge in [0.1, 0.15) is 0 Å². The number of benzene rings is 2. The number of fused-ring (bicyclic) bond motifs is 1. The monoisotopic (exact) mass is 274 g/mol. The van der Waals surface area contributed by atoms with E-state index in [1.54, 1.807) is 0 Å². The second-order valence-electron chi connectivity index (χ2n) is 5.26. The topological polar surface area (TPSA) is 54.5 Å². The van der Waals surface area contributed by atoms with Crippen LogP contribution in [0.3, 0.4) is 0 Å². The van der Waals surface area contributed by atoms with Crippen LogP contribution in [-0.2, 0) is 0 Å². The average Bonchev–Trinajstić information content (AvgIpc) is 3.17. The average molecular weight is 274 g/mol. The van der Waals surface area contributed by atoms with Gasteiger partial charge in [0.2, 0.25) is 5.82 Å². The van der Waals surface area contributed by atoms with Crippen LogP contribution in [0.25, 0.3) is 22.2 Å². The van der Waals surface area contributed by atoms with Crippen LogP contribution in [0.4, 0.5) is 0 Å². The molecule has 1 unspecified atom stereocenters. The predicted octanol–water partition coefficient (Wildman–Crippen LogP) is 3.62. The fraction of sp³-hybridized carbons (Fsp3) is 0.118. The molecule has 102 valence electrons. The van der Waals surface area contributed by atoms with Gasteiger partial charge in [-0.05, 0) is 28.5 Å². The molecule has 2 aromatic carbocycles. The lowest BCUT2D eigenvalue weighted by molar-refractivity contribution is 0.881. The molecule has 1 aliphatic carbocycles. The highest BCUT2D eigenvalue weighted by Gasteiger charge is 2.21. The smallest absolute Gasteiger partial charge is 0.177 e. The van der Waals surface area contributed by atoms with Crippen molar-refractivity contribution in [2.75, 3.05) is 0 Å². The first kappa shape index (κ1) is 12.0. The molecule has 4 nitrogen and oxygen atoms in total. The zero-order valence-corrected chi connectivity index (χ0v) is 11.6. The lowest BCUT2D eigenvalue weighted by Crippen LogP contribution is -1.99.